The second kappa shape index (κ2) is 14.9. The summed E-state index contributed by atoms with van der Waals surface area (Å²) in [6, 6.07) is 7.64. The Kier molecular flexibility index (Phi) is 10.6. The van der Waals surface area contributed by atoms with E-state index in [9.17, 15) is 0 Å². The Labute approximate surface area is 199 Å². The summed E-state index contributed by atoms with van der Waals surface area (Å²) in [4.78, 5) is 48.8. The summed E-state index contributed by atoms with van der Waals surface area (Å²) in [5.41, 5.74) is 1.79. The normalized spacial score (nSPS) is 15.6. The molecule has 1 heterocycles. The summed E-state index contributed by atoms with van der Waals surface area (Å²) >= 11 is 6.02. The minimum atomic E-state index is -4.64. The lowest BCUT2D eigenvalue weighted by Crippen LogP contribution is -2.25. The Hall–Kier alpha value is -1.10. The molecule has 0 saturated heterocycles. The number of fused-ring (bicyclic) bond motifs is 1. The van der Waals surface area contributed by atoms with Crippen LogP contribution in [0, 0.1) is 0 Å². The predicted octanol–water partition coefficient (Wildman–Crippen LogP) is 2.95. The average molecular weight is 521 g/mol. The Morgan fingerprint density at radius 3 is 2.31 bits per heavy atom. The van der Waals surface area contributed by atoms with Gasteiger partial charge in [0.05, 0.1) is 5.52 Å². The molecule has 1 aromatic carbocycles. The van der Waals surface area contributed by atoms with Crippen molar-refractivity contribution in [2.45, 2.75) is 39.6 Å². The maximum atomic E-state index is 8.88. The second-order valence-corrected chi connectivity index (χ2v) is 8.92. The van der Waals surface area contributed by atoms with Gasteiger partial charge in [-0.15, -0.1) is 0 Å². The van der Waals surface area contributed by atoms with Crippen molar-refractivity contribution in [1.29, 1.82) is 0 Å². The lowest BCUT2D eigenvalue weighted by atomic mass is 10.1. The fourth-order valence-electron chi connectivity index (χ4n) is 2.47. The first-order valence-corrected chi connectivity index (χ1v) is 12.7. The quantitative estimate of drug-likeness (QED) is 0.254. The van der Waals surface area contributed by atoms with Crippen LogP contribution in [0.15, 0.2) is 30.5 Å². The Morgan fingerprint density at radius 2 is 1.78 bits per heavy atom. The minimum absolute atomic E-state index is 0.142. The third-order valence-corrected chi connectivity index (χ3v) is 3.95. The summed E-state index contributed by atoms with van der Waals surface area (Å²) < 4.78 is 55.8. The molecule has 0 saturated carbocycles. The van der Waals surface area contributed by atoms with Crippen molar-refractivity contribution in [2.75, 3.05) is 24.9 Å². The van der Waals surface area contributed by atoms with Gasteiger partial charge in [-0.3, -0.25) is 4.98 Å². The molecular formula is C18H32ClN3O8P2. The summed E-state index contributed by atoms with van der Waals surface area (Å²) in [5, 5.41) is 5.09. The van der Waals surface area contributed by atoms with E-state index in [1.54, 1.807) is 13.1 Å². The van der Waals surface area contributed by atoms with Crippen LogP contribution < -0.4 is 5.32 Å². The molecule has 7 N–H and O–H groups in total. The highest BCUT2D eigenvalue weighted by atomic mass is 35.5. The number of benzene rings is 1. The van der Waals surface area contributed by atoms with Crippen LogP contribution in [0.25, 0.3) is 10.9 Å². The minimum Gasteiger partial charge on any atom is -0.382 e. The number of rotatable bonds is 8. The van der Waals surface area contributed by atoms with Gasteiger partial charge in [-0.2, -0.15) is 0 Å². The molecule has 2 rings (SSSR count). The number of nitrogens with zero attached hydrogens (tertiary/aromatic N) is 2. The zero-order valence-electron chi connectivity index (χ0n) is 22.5. The number of hydrogen-bond acceptors (Lipinski definition) is 5. The van der Waals surface area contributed by atoms with Crippen molar-refractivity contribution in [1.82, 2.24) is 9.88 Å². The van der Waals surface area contributed by atoms with Gasteiger partial charge in [0, 0.05) is 35.2 Å². The molecule has 2 aromatic rings. The van der Waals surface area contributed by atoms with Crippen LogP contribution in [0.2, 0.25) is 5.02 Å². The summed E-state index contributed by atoms with van der Waals surface area (Å²) in [6.45, 7) is -0.414. The molecule has 14 heteroatoms. The standard InChI is InChI=1S/C18H26ClN3.2H3O4P/c1-4-22(5-2)12-6-7-14(3)21-17-10-11-20-18-13-15(19)8-9-16(17)18;2*1-5(2,3)4/h8-11,13-14H,4-7,12H2,1-3H3,(H,20,21);2*(H3,1,2,3,4)/i1D3,4D2;;. The molecule has 0 bridgehead atoms. The summed E-state index contributed by atoms with van der Waals surface area (Å²) in [7, 11) is -9.28. The van der Waals surface area contributed by atoms with Crippen molar-refractivity contribution < 1.29 is 45.3 Å². The molecule has 0 spiro atoms. The fraction of sp³-hybridized carbons (Fsp3) is 0.500. The number of nitrogens with one attached hydrogen (secondary N) is 1. The first kappa shape index (κ1) is 22.7. The van der Waals surface area contributed by atoms with Crippen LogP contribution in [0.4, 0.5) is 5.69 Å². The number of halogens is 1. The molecular weight excluding hydrogens is 484 g/mol. The lowest BCUT2D eigenvalue weighted by molar-refractivity contribution is 0.272. The smallest absolute Gasteiger partial charge is 0.382 e. The zero-order chi connectivity index (χ0) is 29.2. The van der Waals surface area contributed by atoms with Crippen molar-refractivity contribution in [3.63, 3.8) is 0 Å². The average Bonchev–Trinajstić information content (AvgIpc) is 2.67. The molecule has 0 aliphatic carbocycles. The van der Waals surface area contributed by atoms with Crippen molar-refractivity contribution in [2.24, 2.45) is 0 Å². The largest absolute Gasteiger partial charge is 0.466 e. The molecule has 184 valence electrons. The van der Waals surface area contributed by atoms with E-state index in [0.717, 1.165) is 23.0 Å². The Bertz CT molecular complexity index is 1050. The van der Waals surface area contributed by atoms with Crippen LogP contribution in [-0.4, -0.2) is 64.9 Å². The highest BCUT2D eigenvalue weighted by Gasteiger charge is 2.07. The summed E-state index contributed by atoms with van der Waals surface area (Å²) in [5.74, 6) is 0. The van der Waals surface area contributed by atoms with E-state index < -0.39 is 29.0 Å². The molecule has 1 atom stereocenters. The van der Waals surface area contributed by atoms with E-state index in [-0.39, 0.29) is 6.04 Å². The first-order valence-electron chi connectivity index (χ1n) is 11.7. The Morgan fingerprint density at radius 1 is 1.19 bits per heavy atom. The maximum Gasteiger partial charge on any atom is 0.466 e. The van der Waals surface area contributed by atoms with Gasteiger partial charge in [0.15, 0.2) is 0 Å². The predicted molar refractivity (Wildman–Crippen MR) is 125 cm³/mol. The lowest BCUT2D eigenvalue weighted by Gasteiger charge is -2.20. The van der Waals surface area contributed by atoms with Crippen LogP contribution in [-0.2, 0) is 9.13 Å². The van der Waals surface area contributed by atoms with Crippen molar-refractivity contribution in [3.8, 4) is 0 Å². The van der Waals surface area contributed by atoms with Crippen LogP contribution in [0.5, 0.6) is 0 Å². The van der Waals surface area contributed by atoms with Gasteiger partial charge in [0.25, 0.3) is 0 Å². The summed E-state index contributed by atoms with van der Waals surface area (Å²) in [6.07, 6.45) is 3.20. The number of phosphoric acid groups is 2. The molecule has 0 aliphatic heterocycles. The SMILES string of the molecule is O=P(O)(O)O.O=P(O)(O)O.[2H]C([2H])([2H])C([2H])([2H])N(CC)CCCC(C)Nc1ccnc2cc(Cl)ccc12. The Balaban J connectivity index is 0.00000110. The highest BCUT2D eigenvalue weighted by molar-refractivity contribution is 7.45. The fourth-order valence-corrected chi connectivity index (χ4v) is 2.63. The van der Waals surface area contributed by atoms with Gasteiger partial charge < -0.3 is 39.6 Å². The number of pyridine rings is 1. The molecule has 32 heavy (non-hydrogen) atoms. The van der Waals surface area contributed by atoms with Crippen LogP contribution in [0.1, 0.15) is 40.4 Å². The molecule has 1 unspecified atom stereocenters. The van der Waals surface area contributed by atoms with Crippen LogP contribution in [0.3, 0.4) is 0 Å². The van der Waals surface area contributed by atoms with E-state index in [4.69, 9.17) is 56.9 Å². The third kappa shape index (κ3) is 17.5. The van der Waals surface area contributed by atoms with Crippen molar-refractivity contribution >= 4 is 43.8 Å². The molecule has 0 fully saturated rings. The van der Waals surface area contributed by atoms with Gasteiger partial charge in [-0.05, 0) is 63.6 Å². The molecule has 1 aromatic heterocycles. The number of anilines is 1. The van der Waals surface area contributed by atoms with Crippen molar-refractivity contribution in [3.05, 3.63) is 35.5 Å². The topological polar surface area (TPSA) is 184 Å². The van der Waals surface area contributed by atoms with Crippen LogP contribution >= 0.6 is 27.2 Å². The second-order valence-electron chi connectivity index (χ2n) is 6.43. The first-order chi connectivity index (χ1) is 16.6. The number of hydrogen-bond donors (Lipinski definition) is 7. The number of aromatic nitrogens is 1. The van der Waals surface area contributed by atoms with E-state index in [1.165, 1.54) is 4.90 Å². The van der Waals surface area contributed by atoms with Gasteiger partial charge in [0.2, 0.25) is 0 Å². The molecule has 0 amide bonds. The highest BCUT2D eigenvalue weighted by Crippen LogP contribution is 2.26. The van der Waals surface area contributed by atoms with E-state index in [0.29, 0.717) is 24.5 Å². The third-order valence-electron chi connectivity index (χ3n) is 3.71. The van der Waals surface area contributed by atoms with E-state index in [1.807, 2.05) is 24.3 Å². The van der Waals surface area contributed by atoms with E-state index >= 15 is 0 Å². The van der Waals surface area contributed by atoms with E-state index in [2.05, 4.69) is 17.2 Å². The zero-order valence-corrected chi connectivity index (χ0v) is 20.0. The maximum absolute atomic E-state index is 8.88. The van der Waals surface area contributed by atoms with Gasteiger partial charge >= 0.3 is 15.6 Å². The monoisotopic (exact) mass is 520 g/mol. The van der Waals surface area contributed by atoms with Gasteiger partial charge in [-0.1, -0.05) is 25.4 Å². The molecule has 11 nitrogen and oxygen atoms in total. The van der Waals surface area contributed by atoms with Gasteiger partial charge in [-0.25, -0.2) is 9.13 Å². The molecule has 0 aliphatic rings. The molecule has 0 radical (unpaired) electrons. The van der Waals surface area contributed by atoms with Gasteiger partial charge in [0.1, 0.15) is 0 Å².